The van der Waals surface area contributed by atoms with Crippen molar-refractivity contribution in [3.8, 4) is 22.6 Å². The standard InChI is InChI=1S/C33H31N3O6/c1-23-19-27(31(37)34-17-6-18-40-28-9-3-2-4-10-28)13-16-30(23)26-8-5-7-25(20-26)22-41-29-14-11-24(12-15-29)21-36-32(38)35-33(39)42-36/h2-5,7-16,19-20H,6,17-18,21-22H2,1H3,(H,34,37)(H,35,38,39). The fourth-order valence-electron chi connectivity index (χ4n) is 4.48. The molecule has 0 aliphatic carbocycles. The van der Waals surface area contributed by atoms with Crippen LogP contribution < -0.4 is 26.2 Å². The number of hydrogen-bond acceptors (Lipinski definition) is 6. The predicted octanol–water partition coefficient (Wildman–Crippen LogP) is 4.93. The maximum atomic E-state index is 12.7. The highest BCUT2D eigenvalue weighted by Crippen LogP contribution is 2.26. The number of aryl methyl sites for hydroxylation is 1. The van der Waals surface area contributed by atoms with Gasteiger partial charge >= 0.3 is 11.4 Å². The molecule has 1 heterocycles. The highest BCUT2D eigenvalue weighted by molar-refractivity contribution is 5.95. The van der Waals surface area contributed by atoms with Crippen molar-refractivity contribution in [3.63, 3.8) is 0 Å². The van der Waals surface area contributed by atoms with Crippen molar-refractivity contribution >= 4 is 5.91 Å². The number of H-pyrrole nitrogens is 1. The summed E-state index contributed by atoms with van der Waals surface area (Å²) in [4.78, 5) is 37.5. The Balaban J connectivity index is 1.13. The van der Waals surface area contributed by atoms with Gasteiger partial charge in [-0.05, 0) is 83.6 Å². The summed E-state index contributed by atoms with van der Waals surface area (Å²) in [7, 11) is 0. The summed E-state index contributed by atoms with van der Waals surface area (Å²) in [5, 5.41) is 2.96. The number of benzene rings is 4. The number of nitrogens with one attached hydrogen (secondary N) is 2. The smallest absolute Gasteiger partial charge is 0.440 e. The van der Waals surface area contributed by atoms with Crippen molar-refractivity contribution in [1.82, 2.24) is 15.0 Å². The minimum atomic E-state index is -0.782. The van der Waals surface area contributed by atoms with Crippen molar-refractivity contribution in [2.45, 2.75) is 26.5 Å². The Morgan fingerprint density at radius 1 is 0.857 bits per heavy atom. The summed E-state index contributed by atoms with van der Waals surface area (Å²) in [5.41, 5.74) is 4.89. The van der Waals surface area contributed by atoms with E-state index in [-0.39, 0.29) is 12.5 Å². The van der Waals surface area contributed by atoms with Crippen LogP contribution in [0.15, 0.2) is 111 Å². The number of aromatic amines is 1. The molecule has 0 bridgehead atoms. The van der Waals surface area contributed by atoms with E-state index < -0.39 is 11.4 Å². The van der Waals surface area contributed by atoms with E-state index in [0.717, 1.165) is 38.3 Å². The van der Waals surface area contributed by atoms with Gasteiger partial charge in [0.2, 0.25) is 0 Å². The Morgan fingerprint density at radius 3 is 2.38 bits per heavy atom. The molecule has 0 saturated heterocycles. The lowest BCUT2D eigenvalue weighted by atomic mass is 9.97. The first-order valence-electron chi connectivity index (χ1n) is 13.6. The average molecular weight is 566 g/mol. The minimum absolute atomic E-state index is 0.109. The summed E-state index contributed by atoms with van der Waals surface area (Å²) in [6, 6.07) is 30.7. The second-order valence-corrected chi connectivity index (χ2v) is 9.78. The van der Waals surface area contributed by atoms with Gasteiger partial charge in [-0.1, -0.05) is 54.6 Å². The average Bonchev–Trinajstić information content (AvgIpc) is 3.32. The van der Waals surface area contributed by atoms with Crippen molar-refractivity contribution in [3.05, 3.63) is 140 Å². The number of amides is 1. The number of nitrogens with zero attached hydrogens (tertiary/aromatic N) is 1. The molecule has 214 valence electrons. The number of rotatable bonds is 12. The molecule has 42 heavy (non-hydrogen) atoms. The zero-order valence-electron chi connectivity index (χ0n) is 23.2. The highest BCUT2D eigenvalue weighted by Gasteiger charge is 2.10. The van der Waals surface area contributed by atoms with E-state index >= 15 is 0 Å². The molecule has 0 saturated carbocycles. The third-order valence-electron chi connectivity index (χ3n) is 6.63. The fourth-order valence-corrected chi connectivity index (χ4v) is 4.48. The second kappa shape index (κ2) is 13.4. The first-order chi connectivity index (χ1) is 20.4. The van der Waals surface area contributed by atoms with Crippen LogP contribution in [-0.4, -0.2) is 28.8 Å². The maximum absolute atomic E-state index is 12.7. The summed E-state index contributed by atoms with van der Waals surface area (Å²) in [6.07, 6.45) is 0.713. The quantitative estimate of drug-likeness (QED) is 0.207. The normalized spacial score (nSPS) is 10.8. The van der Waals surface area contributed by atoms with Gasteiger partial charge in [-0.3, -0.25) is 4.79 Å². The third kappa shape index (κ3) is 7.45. The van der Waals surface area contributed by atoms with Gasteiger partial charge in [0.25, 0.3) is 5.91 Å². The Morgan fingerprint density at radius 2 is 1.64 bits per heavy atom. The van der Waals surface area contributed by atoms with Crippen LogP contribution in [-0.2, 0) is 13.2 Å². The molecule has 0 fully saturated rings. The molecule has 9 heteroatoms. The first-order valence-corrected chi connectivity index (χ1v) is 13.6. The lowest BCUT2D eigenvalue weighted by Crippen LogP contribution is -2.25. The van der Waals surface area contributed by atoms with E-state index in [0.29, 0.717) is 37.5 Å². The van der Waals surface area contributed by atoms with E-state index in [1.54, 1.807) is 12.1 Å². The van der Waals surface area contributed by atoms with Gasteiger partial charge < -0.3 is 19.3 Å². The summed E-state index contributed by atoms with van der Waals surface area (Å²) in [6.45, 7) is 3.57. The molecule has 5 aromatic rings. The van der Waals surface area contributed by atoms with Gasteiger partial charge in [0, 0.05) is 12.1 Å². The SMILES string of the molecule is Cc1cc(C(=O)NCCCOc2ccccc2)ccc1-c1cccc(COc2ccc(Cn3oc(=O)[nH]c3=O)cc2)c1. The Hall–Kier alpha value is -5.31. The molecule has 2 N–H and O–H groups in total. The Labute approximate surface area is 242 Å². The van der Waals surface area contributed by atoms with E-state index in [1.807, 2.05) is 85.8 Å². The summed E-state index contributed by atoms with van der Waals surface area (Å²) in [5.74, 6) is 0.602. The van der Waals surface area contributed by atoms with E-state index in [9.17, 15) is 14.4 Å². The van der Waals surface area contributed by atoms with E-state index in [2.05, 4.69) is 16.4 Å². The number of carbonyl (C=O) groups excluding carboxylic acids is 1. The Kier molecular flexibility index (Phi) is 8.98. The summed E-state index contributed by atoms with van der Waals surface area (Å²) < 4.78 is 17.4. The van der Waals surface area contributed by atoms with Crippen molar-refractivity contribution in [1.29, 1.82) is 0 Å². The molecule has 0 aliphatic heterocycles. The Bertz CT molecular complexity index is 1750. The van der Waals surface area contributed by atoms with Gasteiger partial charge in [0.1, 0.15) is 18.1 Å². The molecular formula is C33H31N3O6. The van der Waals surface area contributed by atoms with Crippen LogP contribution in [0.25, 0.3) is 11.1 Å². The minimum Gasteiger partial charge on any atom is -0.494 e. The molecule has 0 spiro atoms. The van der Waals surface area contributed by atoms with Crippen LogP contribution in [0.2, 0.25) is 0 Å². The first kappa shape index (κ1) is 28.2. The molecule has 9 nitrogen and oxygen atoms in total. The van der Waals surface area contributed by atoms with Gasteiger partial charge in [0.15, 0.2) is 0 Å². The van der Waals surface area contributed by atoms with Crippen LogP contribution in [0.5, 0.6) is 11.5 Å². The van der Waals surface area contributed by atoms with Gasteiger partial charge in [0.05, 0.1) is 13.2 Å². The van der Waals surface area contributed by atoms with Crippen molar-refractivity contribution in [2.24, 2.45) is 0 Å². The molecule has 1 amide bonds. The number of ether oxygens (including phenoxy) is 2. The molecule has 4 aromatic carbocycles. The second-order valence-electron chi connectivity index (χ2n) is 9.78. The van der Waals surface area contributed by atoms with Crippen LogP contribution in [0.3, 0.4) is 0 Å². The monoisotopic (exact) mass is 565 g/mol. The highest BCUT2D eigenvalue weighted by atomic mass is 16.5. The summed E-state index contributed by atoms with van der Waals surface area (Å²) >= 11 is 0. The van der Waals surface area contributed by atoms with E-state index in [4.69, 9.17) is 14.0 Å². The van der Waals surface area contributed by atoms with Crippen LogP contribution >= 0.6 is 0 Å². The molecule has 0 radical (unpaired) electrons. The molecule has 1 aromatic heterocycles. The third-order valence-corrected chi connectivity index (χ3v) is 6.63. The van der Waals surface area contributed by atoms with Crippen LogP contribution in [0.4, 0.5) is 0 Å². The van der Waals surface area contributed by atoms with Crippen molar-refractivity contribution < 1.29 is 18.8 Å². The molecule has 0 aliphatic rings. The van der Waals surface area contributed by atoms with Gasteiger partial charge in [-0.15, -0.1) is 4.74 Å². The molecular weight excluding hydrogens is 534 g/mol. The zero-order chi connectivity index (χ0) is 29.3. The number of aromatic nitrogens is 2. The fraction of sp³-hybridized carbons (Fsp3) is 0.182. The zero-order valence-corrected chi connectivity index (χ0v) is 23.2. The van der Waals surface area contributed by atoms with Gasteiger partial charge in [-0.25, -0.2) is 14.6 Å². The lowest BCUT2D eigenvalue weighted by Gasteiger charge is -2.12. The lowest BCUT2D eigenvalue weighted by molar-refractivity contribution is 0.0951. The predicted molar refractivity (Wildman–Crippen MR) is 159 cm³/mol. The molecule has 5 rings (SSSR count). The maximum Gasteiger partial charge on any atom is 0.440 e. The van der Waals surface area contributed by atoms with Gasteiger partial charge in [-0.2, -0.15) is 0 Å². The largest absolute Gasteiger partial charge is 0.494 e. The topological polar surface area (TPSA) is 116 Å². The number of para-hydroxylation sites is 1. The van der Waals surface area contributed by atoms with Crippen molar-refractivity contribution in [2.75, 3.05) is 13.2 Å². The number of carbonyl (C=O) groups is 1. The van der Waals surface area contributed by atoms with Crippen LogP contribution in [0.1, 0.15) is 33.5 Å². The van der Waals surface area contributed by atoms with E-state index in [1.165, 1.54) is 0 Å². The molecule has 0 atom stereocenters. The molecule has 0 unspecified atom stereocenters. The van der Waals surface area contributed by atoms with Crippen LogP contribution in [0, 0.1) is 6.92 Å². The number of hydrogen-bond donors (Lipinski definition) is 2.